The summed E-state index contributed by atoms with van der Waals surface area (Å²) in [6.45, 7) is 5.90. The van der Waals surface area contributed by atoms with Crippen LogP contribution in [0.4, 0.5) is 5.13 Å². The molecular formula is C22H27N3O2S. The Labute approximate surface area is 170 Å². The number of nitrogens with zero attached hydrogens (tertiary/aromatic N) is 3. The minimum atomic E-state index is 0.0335. The van der Waals surface area contributed by atoms with Gasteiger partial charge in [-0.25, -0.2) is 4.98 Å². The Morgan fingerprint density at radius 3 is 2.57 bits per heavy atom. The van der Waals surface area contributed by atoms with E-state index in [1.807, 2.05) is 44.4 Å². The van der Waals surface area contributed by atoms with E-state index in [2.05, 4.69) is 30.9 Å². The van der Waals surface area contributed by atoms with E-state index in [1.165, 1.54) is 11.1 Å². The molecule has 2 aromatic carbocycles. The number of aromatic nitrogens is 1. The third-order valence-electron chi connectivity index (χ3n) is 4.44. The van der Waals surface area contributed by atoms with Crippen LogP contribution in [-0.4, -0.2) is 49.6 Å². The minimum absolute atomic E-state index is 0.0335. The van der Waals surface area contributed by atoms with Crippen molar-refractivity contribution in [3.63, 3.8) is 0 Å². The van der Waals surface area contributed by atoms with Crippen molar-refractivity contribution in [2.45, 2.75) is 20.3 Å². The van der Waals surface area contributed by atoms with Crippen LogP contribution in [0.5, 0.6) is 5.75 Å². The summed E-state index contributed by atoms with van der Waals surface area (Å²) < 4.78 is 6.85. The quantitative estimate of drug-likeness (QED) is 0.569. The first-order valence-corrected chi connectivity index (χ1v) is 10.3. The van der Waals surface area contributed by atoms with Gasteiger partial charge in [0.1, 0.15) is 5.75 Å². The number of rotatable bonds is 8. The second-order valence-electron chi connectivity index (χ2n) is 7.19. The highest BCUT2D eigenvalue weighted by Gasteiger charge is 2.20. The molecule has 0 spiro atoms. The van der Waals surface area contributed by atoms with E-state index in [0.717, 1.165) is 27.6 Å². The molecule has 0 bridgehead atoms. The number of ether oxygens (including phenoxy) is 1. The van der Waals surface area contributed by atoms with Gasteiger partial charge in [0.15, 0.2) is 5.13 Å². The molecular weight excluding hydrogens is 370 g/mol. The number of amides is 1. The van der Waals surface area contributed by atoms with Gasteiger partial charge in [-0.15, -0.1) is 0 Å². The van der Waals surface area contributed by atoms with E-state index in [4.69, 9.17) is 9.72 Å². The van der Waals surface area contributed by atoms with Crippen LogP contribution < -0.4 is 9.64 Å². The summed E-state index contributed by atoms with van der Waals surface area (Å²) in [6, 6.07) is 13.8. The number of aryl methyl sites for hydroxylation is 2. The van der Waals surface area contributed by atoms with Gasteiger partial charge in [0, 0.05) is 13.1 Å². The number of carbonyl (C=O) groups is 1. The molecule has 0 atom stereocenters. The molecule has 0 unspecified atom stereocenters. The van der Waals surface area contributed by atoms with Gasteiger partial charge in [0.05, 0.1) is 23.2 Å². The van der Waals surface area contributed by atoms with Gasteiger partial charge in [0.25, 0.3) is 0 Å². The number of hydrogen-bond acceptors (Lipinski definition) is 5. The van der Waals surface area contributed by atoms with Crippen molar-refractivity contribution in [3.8, 4) is 5.75 Å². The van der Waals surface area contributed by atoms with Gasteiger partial charge in [-0.2, -0.15) is 0 Å². The molecule has 0 saturated carbocycles. The Balaban J connectivity index is 1.76. The van der Waals surface area contributed by atoms with Crippen LogP contribution in [0, 0.1) is 13.8 Å². The highest BCUT2D eigenvalue weighted by atomic mass is 32.1. The third kappa shape index (κ3) is 5.09. The predicted octanol–water partition coefficient (Wildman–Crippen LogP) is 4.28. The maximum atomic E-state index is 13.0. The van der Waals surface area contributed by atoms with Gasteiger partial charge in [-0.1, -0.05) is 35.6 Å². The number of fused-ring (bicyclic) bond motifs is 1. The van der Waals surface area contributed by atoms with Crippen LogP contribution in [0.25, 0.3) is 10.2 Å². The molecule has 5 nitrogen and oxygen atoms in total. The summed E-state index contributed by atoms with van der Waals surface area (Å²) in [6.07, 6.45) is 0.316. The molecule has 1 amide bonds. The van der Waals surface area contributed by atoms with E-state index in [0.29, 0.717) is 19.6 Å². The monoisotopic (exact) mass is 397 g/mol. The molecule has 28 heavy (non-hydrogen) atoms. The first kappa shape index (κ1) is 20.3. The number of carbonyl (C=O) groups excluding carboxylic acids is 1. The van der Waals surface area contributed by atoms with Crippen molar-refractivity contribution in [1.29, 1.82) is 0 Å². The molecule has 0 aliphatic rings. The molecule has 0 N–H and O–H groups in total. The SMILES string of the molecule is Cc1cc(C)c2sc(N(CCN(C)C)C(=O)CCOc3ccccc3)nc2c1. The van der Waals surface area contributed by atoms with E-state index in [9.17, 15) is 4.79 Å². The van der Waals surface area contributed by atoms with Gasteiger partial charge >= 0.3 is 0 Å². The summed E-state index contributed by atoms with van der Waals surface area (Å²) >= 11 is 1.59. The second-order valence-corrected chi connectivity index (χ2v) is 8.16. The smallest absolute Gasteiger partial charge is 0.232 e. The fourth-order valence-electron chi connectivity index (χ4n) is 3.02. The Bertz CT molecular complexity index is 938. The lowest BCUT2D eigenvalue weighted by Crippen LogP contribution is -2.37. The molecule has 6 heteroatoms. The number of anilines is 1. The van der Waals surface area contributed by atoms with Crippen LogP contribution >= 0.6 is 11.3 Å². The lowest BCUT2D eigenvalue weighted by atomic mass is 10.1. The van der Waals surface area contributed by atoms with Crippen LogP contribution in [0.15, 0.2) is 42.5 Å². The Morgan fingerprint density at radius 2 is 1.86 bits per heavy atom. The molecule has 0 saturated heterocycles. The topological polar surface area (TPSA) is 45.7 Å². The summed E-state index contributed by atoms with van der Waals surface area (Å²) in [5.41, 5.74) is 3.34. The standard InChI is InChI=1S/C22H27N3O2S/c1-16-14-17(2)21-19(15-16)23-22(28-21)25(12-11-24(3)4)20(26)10-13-27-18-8-6-5-7-9-18/h5-9,14-15H,10-13H2,1-4H3. The molecule has 148 valence electrons. The lowest BCUT2D eigenvalue weighted by molar-refractivity contribution is -0.119. The van der Waals surface area contributed by atoms with Crippen LogP contribution in [0.2, 0.25) is 0 Å². The van der Waals surface area contributed by atoms with E-state index < -0.39 is 0 Å². The normalized spacial score (nSPS) is 11.2. The van der Waals surface area contributed by atoms with Crippen molar-refractivity contribution in [3.05, 3.63) is 53.6 Å². The van der Waals surface area contributed by atoms with Crippen molar-refractivity contribution in [2.24, 2.45) is 0 Å². The zero-order chi connectivity index (χ0) is 20.1. The summed E-state index contributed by atoms with van der Waals surface area (Å²) in [7, 11) is 4.01. The van der Waals surface area contributed by atoms with Crippen LogP contribution in [0.3, 0.4) is 0 Å². The number of para-hydroxylation sites is 1. The molecule has 0 aliphatic carbocycles. The van der Waals surface area contributed by atoms with Crippen LogP contribution in [0.1, 0.15) is 17.5 Å². The van der Waals surface area contributed by atoms with Crippen LogP contribution in [-0.2, 0) is 4.79 Å². The van der Waals surface area contributed by atoms with E-state index in [-0.39, 0.29) is 5.91 Å². The summed E-state index contributed by atoms with van der Waals surface area (Å²) in [5, 5.41) is 0.760. The fraction of sp³-hybridized carbons (Fsp3) is 0.364. The second kappa shape index (κ2) is 9.17. The number of likely N-dealkylation sites (N-methyl/N-ethyl adjacent to an activating group) is 1. The van der Waals surface area contributed by atoms with Crippen molar-refractivity contribution in [1.82, 2.24) is 9.88 Å². The predicted molar refractivity (Wildman–Crippen MR) is 117 cm³/mol. The van der Waals surface area contributed by atoms with Gasteiger partial charge in [0.2, 0.25) is 5.91 Å². The average Bonchev–Trinajstić information content (AvgIpc) is 3.06. The fourth-order valence-corrected chi connectivity index (χ4v) is 4.07. The summed E-state index contributed by atoms with van der Waals surface area (Å²) in [5.74, 6) is 0.812. The molecule has 3 aromatic rings. The maximum absolute atomic E-state index is 13.0. The van der Waals surface area contributed by atoms with Gasteiger partial charge < -0.3 is 9.64 Å². The first-order valence-electron chi connectivity index (χ1n) is 9.45. The third-order valence-corrected chi connectivity index (χ3v) is 5.67. The lowest BCUT2D eigenvalue weighted by Gasteiger charge is -2.22. The Kier molecular flexibility index (Phi) is 6.65. The Morgan fingerprint density at radius 1 is 1.11 bits per heavy atom. The molecule has 0 fully saturated rings. The molecule has 1 heterocycles. The van der Waals surface area contributed by atoms with Crippen molar-refractivity contribution >= 4 is 32.6 Å². The van der Waals surface area contributed by atoms with Crippen molar-refractivity contribution < 1.29 is 9.53 Å². The largest absolute Gasteiger partial charge is 0.493 e. The minimum Gasteiger partial charge on any atom is -0.493 e. The maximum Gasteiger partial charge on any atom is 0.232 e. The molecule has 3 rings (SSSR count). The molecule has 1 aromatic heterocycles. The van der Waals surface area contributed by atoms with Gasteiger partial charge in [-0.05, 0) is 57.3 Å². The average molecular weight is 398 g/mol. The highest BCUT2D eigenvalue weighted by Crippen LogP contribution is 2.32. The summed E-state index contributed by atoms with van der Waals surface area (Å²) in [4.78, 5) is 21.6. The zero-order valence-electron chi connectivity index (χ0n) is 16.9. The number of benzene rings is 2. The zero-order valence-corrected chi connectivity index (χ0v) is 17.8. The van der Waals surface area contributed by atoms with E-state index in [1.54, 1.807) is 16.2 Å². The molecule has 0 radical (unpaired) electrons. The molecule has 0 aliphatic heterocycles. The highest BCUT2D eigenvalue weighted by molar-refractivity contribution is 7.22. The van der Waals surface area contributed by atoms with Crippen molar-refractivity contribution in [2.75, 3.05) is 38.7 Å². The number of thiazole rings is 1. The number of hydrogen-bond donors (Lipinski definition) is 0. The van der Waals surface area contributed by atoms with E-state index >= 15 is 0 Å². The first-order chi connectivity index (χ1) is 13.4. The van der Waals surface area contributed by atoms with Gasteiger partial charge in [-0.3, -0.25) is 9.69 Å². The Hall–Kier alpha value is -2.44.